The van der Waals surface area contributed by atoms with Crippen molar-refractivity contribution in [3.63, 3.8) is 0 Å². The van der Waals surface area contributed by atoms with E-state index in [-0.39, 0.29) is 11.9 Å². The molecule has 3 aromatic rings. The fourth-order valence-corrected chi connectivity index (χ4v) is 6.40. The quantitative estimate of drug-likeness (QED) is 0.430. The van der Waals surface area contributed by atoms with E-state index in [9.17, 15) is 13.2 Å². The number of carbonyl (C=O) groups excluding carboxylic acids is 1. The molecule has 0 aliphatic carbocycles. The number of hydrogen-bond donors (Lipinski definition) is 0. The minimum atomic E-state index is -3.66. The smallest absolute Gasteiger partial charge is 0.246 e. The summed E-state index contributed by atoms with van der Waals surface area (Å²) in [6.45, 7) is 8.34. The monoisotopic (exact) mass is 519 g/mol. The first-order valence-electron chi connectivity index (χ1n) is 12.9. The Morgan fingerprint density at radius 1 is 0.838 bits per heavy atom. The van der Waals surface area contributed by atoms with Crippen molar-refractivity contribution in [2.45, 2.75) is 39.3 Å². The van der Waals surface area contributed by atoms with Gasteiger partial charge in [-0.3, -0.25) is 14.0 Å². The largest absolute Gasteiger partial charge is 0.338 e. The molecule has 37 heavy (non-hydrogen) atoms. The van der Waals surface area contributed by atoms with Crippen molar-refractivity contribution in [1.29, 1.82) is 0 Å². The van der Waals surface area contributed by atoms with Crippen LogP contribution < -0.4 is 4.31 Å². The molecule has 1 saturated heterocycles. The summed E-state index contributed by atoms with van der Waals surface area (Å²) in [4.78, 5) is 18.0. The highest BCUT2D eigenvalue weighted by atomic mass is 32.2. The maximum Gasteiger partial charge on any atom is 0.246 e. The van der Waals surface area contributed by atoms with Gasteiger partial charge in [0, 0.05) is 26.2 Å². The molecule has 0 saturated carbocycles. The van der Waals surface area contributed by atoms with Gasteiger partial charge in [0.1, 0.15) is 6.04 Å². The number of amides is 1. The lowest BCUT2D eigenvalue weighted by molar-refractivity contribution is -0.134. The molecule has 1 atom stereocenters. The summed E-state index contributed by atoms with van der Waals surface area (Å²) >= 11 is 0. The predicted octanol–water partition coefficient (Wildman–Crippen LogP) is 4.78. The van der Waals surface area contributed by atoms with Crippen LogP contribution in [0.15, 0.2) is 78.9 Å². The molecule has 1 aliphatic heterocycles. The van der Waals surface area contributed by atoms with Crippen LogP contribution in [0.5, 0.6) is 0 Å². The van der Waals surface area contributed by atoms with E-state index in [4.69, 9.17) is 0 Å². The van der Waals surface area contributed by atoms with Crippen molar-refractivity contribution in [2.24, 2.45) is 0 Å². The lowest BCUT2D eigenvalue weighted by Crippen LogP contribution is -2.56. The van der Waals surface area contributed by atoms with E-state index in [1.54, 1.807) is 6.07 Å². The van der Waals surface area contributed by atoms with Crippen molar-refractivity contribution in [2.75, 3.05) is 36.7 Å². The number of nitrogens with zero attached hydrogens (tertiary/aromatic N) is 3. The molecule has 0 N–H and O–H groups in total. The number of sulfonamides is 1. The van der Waals surface area contributed by atoms with Gasteiger partial charge >= 0.3 is 0 Å². The molecule has 0 spiro atoms. The summed E-state index contributed by atoms with van der Waals surface area (Å²) in [5, 5.41) is 0. The molecule has 7 heteroatoms. The fourth-order valence-electron chi connectivity index (χ4n) is 5.20. The molecule has 4 rings (SSSR count). The number of carbonyl (C=O) groups is 1. The Morgan fingerprint density at radius 2 is 1.38 bits per heavy atom. The highest BCUT2D eigenvalue weighted by Gasteiger charge is 2.36. The highest BCUT2D eigenvalue weighted by Crippen LogP contribution is 2.30. The zero-order valence-electron chi connectivity index (χ0n) is 22.2. The van der Waals surface area contributed by atoms with Gasteiger partial charge in [0.25, 0.3) is 0 Å². The van der Waals surface area contributed by atoms with Gasteiger partial charge in [0.05, 0.1) is 18.0 Å². The first-order valence-corrected chi connectivity index (χ1v) is 14.7. The van der Waals surface area contributed by atoms with Gasteiger partial charge in [-0.1, -0.05) is 73.7 Å². The number of aryl methyl sites for hydroxylation is 2. The number of benzene rings is 3. The highest BCUT2D eigenvalue weighted by molar-refractivity contribution is 7.92. The maximum absolute atomic E-state index is 13.8. The number of piperazine rings is 1. The standard InChI is InChI=1S/C30H37N3O3S/c1-5-28(33(37(4,35)36)27-17-16-23(2)24(3)22-27)30(34)32-20-18-31(19-21-32)29(25-12-8-6-9-13-25)26-14-10-7-11-15-26/h6-17,22,28-29H,5,18-21H2,1-4H3/t28-/m0/s1. The predicted molar refractivity (Wildman–Crippen MR) is 150 cm³/mol. The first-order chi connectivity index (χ1) is 17.7. The third-order valence-corrected chi connectivity index (χ3v) is 8.46. The Hall–Kier alpha value is -3.16. The Morgan fingerprint density at radius 3 is 1.84 bits per heavy atom. The van der Waals surface area contributed by atoms with Gasteiger partial charge in [0.2, 0.25) is 15.9 Å². The topological polar surface area (TPSA) is 60.9 Å². The average Bonchev–Trinajstić information content (AvgIpc) is 2.90. The molecule has 0 radical (unpaired) electrons. The van der Waals surface area contributed by atoms with E-state index < -0.39 is 16.1 Å². The summed E-state index contributed by atoms with van der Waals surface area (Å²) in [7, 11) is -3.66. The van der Waals surface area contributed by atoms with Gasteiger partial charge in [0.15, 0.2) is 0 Å². The van der Waals surface area contributed by atoms with E-state index in [1.807, 2.05) is 49.9 Å². The molecule has 1 heterocycles. The minimum absolute atomic E-state index is 0.102. The van der Waals surface area contributed by atoms with Crippen molar-refractivity contribution < 1.29 is 13.2 Å². The second-order valence-corrected chi connectivity index (χ2v) is 11.7. The Bertz CT molecular complexity index is 1260. The average molecular weight is 520 g/mol. The third kappa shape index (κ3) is 6.05. The van der Waals surface area contributed by atoms with E-state index in [0.29, 0.717) is 38.3 Å². The van der Waals surface area contributed by atoms with Crippen molar-refractivity contribution >= 4 is 21.6 Å². The summed E-state index contributed by atoms with van der Waals surface area (Å²) in [6, 6.07) is 25.8. The molecule has 3 aromatic carbocycles. The zero-order valence-corrected chi connectivity index (χ0v) is 23.0. The SMILES string of the molecule is CC[C@@H](C(=O)N1CCN(C(c2ccccc2)c2ccccc2)CC1)N(c1ccc(C)c(C)c1)S(C)(=O)=O. The van der Waals surface area contributed by atoms with Gasteiger partial charge in [-0.2, -0.15) is 0 Å². The molecule has 1 aliphatic rings. The summed E-state index contributed by atoms with van der Waals surface area (Å²) in [6.07, 6.45) is 1.58. The summed E-state index contributed by atoms with van der Waals surface area (Å²) in [5.41, 5.74) is 5.06. The lowest BCUT2D eigenvalue weighted by Gasteiger charge is -2.42. The van der Waals surface area contributed by atoms with Gasteiger partial charge < -0.3 is 4.90 Å². The van der Waals surface area contributed by atoms with Gasteiger partial charge in [-0.15, -0.1) is 0 Å². The van der Waals surface area contributed by atoms with Crippen LogP contribution in [-0.4, -0.2) is 62.6 Å². The molecule has 1 fully saturated rings. The van der Waals surface area contributed by atoms with Crippen LogP contribution >= 0.6 is 0 Å². The number of rotatable bonds is 8. The van der Waals surface area contributed by atoms with Crippen LogP contribution in [0.1, 0.15) is 41.6 Å². The van der Waals surface area contributed by atoms with Crippen molar-refractivity contribution in [3.05, 3.63) is 101 Å². The molecule has 0 unspecified atom stereocenters. The van der Waals surface area contributed by atoms with Gasteiger partial charge in [-0.05, 0) is 54.7 Å². The van der Waals surface area contributed by atoms with Crippen molar-refractivity contribution in [1.82, 2.24) is 9.80 Å². The van der Waals surface area contributed by atoms with Crippen LogP contribution in [0.3, 0.4) is 0 Å². The third-order valence-electron chi connectivity index (χ3n) is 7.28. The van der Waals surface area contributed by atoms with Crippen molar-refractivity contribution in [3.8, 4) is 0 Å². The molecule has 0 bridgehead atoms. The van der Waals surface area contributed by atoms with Crippen LogP contribution in [-0.2, 0) is 14.8 Å². The molecule has 196 valence electrons. The normalized spacial score (nSPS) is 15.5. The molecular weight excluding hydrogens is 482 g/mol. The summed E-state index contributed by atoms with van der Waals surface area (Å²) < 4.78 is 27.1. The first kappa shape index (κ1) is 26.9. The van der Waals surface area contributed by atoms with Crippen LogP contribution in [0.25, 0.3) is 0 Å². The number of anilines is 1. The minimum Gasteiger partial charge on any atom is -0.338 e. The fraction of sp³-hybridized carbons (Fsp3) is 0.367. The maximum atomic E-state index is 13.8. The second-order valence-electron chi connectivity index (χ2n) is 9.84. The van der Waals surface area contributed by atoms with E-state index in [2.05, 4.69) is 53.4 Å². The summed E-state index contributed by atoms with van der Waals surface area (Å²) in [5.74, 6) is -0.137. The van der Waals surface area contributed by atoms with Gasteiger partial charge in [-0.25, -0.2) is 8.42 Å². The Kier molecular flexibility index (Phi) is 8.35. The van der Waals surface area contributed by atoms with E-state index in [0.717, 1.165) is 11.1 Å². The molecule has 1 amide bonds. The Balaban J connectivity index is 1.55. The van der Waals surface area contributed by atoms with E-state index >= 15 is 0 Å². The van der Waals surface area contributed by atoms with Crippen LogP contribution in [0.4, 0.5) is 5.69 Å². The van der Waals surface area contributed by atoms with E-state index in [1.165, 1.54) is 21.7 Å². The number of hydrogen-bond acceptors (Lipinski definition) is 4. The Labute approximate surface area is 221 Å². The second kappa shape index (κ2) is 11.5. The molecular formula is C30H37N3O3S. The van der Waals surface area contributed by atoms with Crippen LogP contribution in [0.2, 0.25) is 0 Å². The van der Waals surface area contributed by atoms with Crippen LogP contribution in [0, 0.1) is 13.8 Å². The lowest BCUT2D eigenvalue weighted by atomic mass is 9.96. The molecule has 6 nitrogen and oxygen atoms in total. The molecule has 0 aromatic heterocycles. The zero-order chi connectivity index (χ0) is 26.6.